The van der Waals surface area contributed by atoms with Gasteiger partial charge in [-0.2, -0.15) is 0 Å². The molecule has 0 saturated heterocycles. The molecule has 130 valence electrons. The average molecular weight is 371 g/mol. The Morgan fingerprint density at radius 3 is 2.33 bits per heavy atom. The average Bonchev–Trinajstić information content (AvgIpc) is 2.53. The van der Waals surface area contributed by atoms with E-state index in [9.17, 15) is 14.4 Å². The summed E-state index contributed by atoms with van der Waals surface area (Å²) in [6.45, 7) is 3.43. The quantitative estimate of drug-likeness (QED) is 0.467. The van der Waals surface area contributed by atoms with Gasteiger partial charge in [0.15, 0.2) is 5.11 Å². The van der Waals surface area contributed by atoms with Gasteiger partial charge in [-0.05, 0) is 24.4 Å². The lowest BCUT2D eigenvalue weighted by Crippen LogP contribution is -2.49. The Hall–Kier alpha value is -2.19. The number of rotatable bonds is 5. The maximum atomic E-state index is 11.8. The van der Waals surface area contributed by atoms with E-state index in [1.807, 2.05) is 0 Å². The predicted octanol–water partition coefficient (Wildman–Crippen LogP) is 1.74. The molecule has 7 nitrogen and oxygen atoms in total. The maximum Gasteiger partial charge on any atom is 0.238 e. The molecule has 0 bridgehead atoms. The zero-order valence-electron chi connectivity index (χ0n) is 13.3. The molecule has 0 aliphatic rings. The summed E-state index contributed by atoms with van der Waals surface area (Å²) in [6.07, 6.45) is -0.0755. The van der Waals surface area contributed by atoms with E-state index in [0.29, 0.717) is 10.7 Å². The molecule has 0 heterocycles. The van der Waals surface area contributed by atoms with E-state index in [4.69, 9.17) is 23.8 Å². The molecule has 1 aromatic carbocycles. The molecular formula is C15H19ClN4O3S. The minimum Gasteiger partial charge on any atom is -0.325 e. The van der Waals surface area contributed by atoms with E-state index in [1.165, 1.54) is 0 Å². The van der Waals surface area contributed by atoms with Crippen molar-refractivity contribution in [2.45, 2.75) is 26.7 Å². The number of thiocarbonyl (C=S) groups is 1. The van der Waals surface area contributed by atoms with Crippen LogP contribution in [0.4, 0.5) is 5.69 Å². The van der Waals surface area contributed by atoms with Gasteiger partial charge in [-0.15, -0.1) is 0 Å². The number of benzene rings is 1. The van der Waals surface area contributed by atoms with Crippen molar-refractivity contribution >= 4 is 52.3 Å². The summed E-state index contributed by atoms with van der Waals surface area (Å²) in [4.78, 5) is 34.8. The molecule has 0 spiro atoms. The van der Waals surface area contributed by atoms with Gasteiger partial charge < -0.3 is 10.6 Å². The van der Waals surface area contributed by atoms with E-state index in [-0.39, 0.29) is 35.7 Å². The fourth-order valence-corrected chi connectivity index (χ4v) is 1.81. The second-order valence-corrected chi connectivity index (χ2v) is 5.99. The maximum absolute atomic E-state index is 11.8. The minimum atomic E-state index is -0.439. The number of anilines is 1. The number of hydrazine groups is 1. The van der Waals surface area contributed by atoms with Gasteiger partial charge in [0.25, 0.3) is 0 Å². The highest BCUT2D eigenvalue weighted by Crippen LogP contribution is 2.20. The van der Waals surface area contributed by atoms with Crippen molar-refractivity contribution in [1.29, 1.82) is 0 Å². The zero-order valence-corrected chi connectivity index (χ0v) is 14.9. The van der Waals surface area contributed by atoms with E-state index < -0.39 is 5.91 Å². The van der Waals surface area contributed by atoms with Crippen LogP contribution in [0.1, 0.15) is 26.7 Å². The van der Waals surface area contributed by atoms with Crippen LogP contribution in [-0.4, -0.2) is 22.8 Å². The lowest BCUT2D eigenvalue weighted by atomic mass is 10.2. The van der Waals surface area contributed by atoms with Gasteiger partial charge in [0.05, 0.1) is 10.7 Å². The molecule has 1 rings (SSSR count). The van der Waals surface area contributed by atoms with Crippen LogP contribution in [0.2, 0.25) is 5.02 Å². The molecule has 0 aliphatic heterocycles. The zero-order chi connectivity index (χ0) is 18.1. The second-order valence-electron chi connectivity index (χ2n) is 5.17. The van der Waals surface area contributed by atoms with Gasteiger partial charge in [-0.3, -0.25) is 25.2 Å². The molecule has 0 aliphatic carbocycles. The van der Waals surface area contributed by atoms with Gasteiger partial charge in [0.2, 0.25) is 17.7 Å². The summed E-state index contributed by atoms with van der Waals surface area (Å²) >= 11 is 10.8. The third-order valence-electron chi connectivity index (χ3n) is 2.80. The highest BCUT2D eigenvalue weighted by atomic mass is 35.5. The first-order valence-corrected chi connectivity index (χ1v) is 8.02. The molecule has 0 unspecified atom stereocenters. The normalized spacial score (nSPS) is 10.0. The molecule has 0 fully saturated rings. The number of carbonyl (C=O) groups is 3. The molecule has 3 amide bonds. The number of amides is 3. The second kappa shape index (κ2) is 9.84. The smallest absolute Gasteiger partial charge is 0.238 e. The Balaban J connectivity index is 2.28. The van der Waals surface area contributed by atoms with Gasteiger partial charge in [0.1, 0.15) is 0 Å². The molecule has 9 heteroatoms. The Morgan fingerprint density at radius 1 is 1.08 bits per heavy atom. The van der Waals surface area contributed by atoms with Crippen LogP contribution in [-0.2, 0) is 14.4 Å². The van der Waals surface area contributed by atoms with Crippen molar-refractivity contribution in [2.24, 2.45) is 5.92 Å². The standard InChI is InChI=1S/C15H19ClN4O3S/c1-9(2)14(23)18-15(24)20-19-13(22)8-7-12(21)17-11-6-4-3-5-10(11)16/h3-6,9H,7-8H2,1-2H3,(H,17,21)(H,19,22)(H2,18,20,23,24). The molecular weight excluding hydrogens is 352 g/mol. The van der Waals surface area contributed by atoms with Crippen LogP contribution in [0.3, 0.4) is 0 Å². The largest absolute Gasteiger partial charge is 0.325 e. The topological polar surface area (TPSA) is 99.3 Å². The fraction of sp³-hybridized carbons (Fsp3) is 0.333. The molecule has 0 saturated carbocycles. The molecule has 4 N–H and O–H groups in total. The molecule has 24 heavy (non-hydrogen) atoms. The van der Waals surface area contributed by atoms with Crippen molar-refractivity contribution in [3.8, 4) is 0 Å². The van der Waals surface area contributed by atoms with Crippen molar-refractivity contribution in [3.05, 3.63) is 29.3 Å². The van der Waals surface area contributed by atoms with Gasteiger partial charge >= 0.3 is 0 Å². The molecule has 0 aromatic heterocycles. The number of para-hydroxylation sites is 1. The monoisotopic (exact) mass is 370 g/mol. The first-order valence-electron chi connectivity index (χ1n) is 7.23. The first-order chi connectivity index (χ1) is 11.3. The summed E-state index contributed by atoms with van der Waals surface area (Å²) in [6, 6.07) is 6.81. The lowest BCUT2D eigenvalue weighted by molar-refractivity contribution is -0.125. The summed E-state index contributed by atoms with van der Waals surface area (Å²) in [5, 5.41) is 5.43. The third-order valence-corrected chi connectivity index (χ3v) is 3.34. The van der Waals surface area contributed by atoms with Gasteiger partial charge in [0, 0.05) is 18.8 Å². The van der Waals surface area contributed by atoms with Crippen LogP contribution in [0.15, 0.2) is 24.3 Å². The van der Waals surface area contributed by atoms with E-state index in [2.05, 4.69) is 21.5 Å². The van der Waals surface area contributed by atoms with Crippen molar-refractivity contribution < 1.29 is 14.4 Å². The van der Waals surface area contributed by atoms with Crippen molar-refractivity contribution in [2.75, 3.05) is 5.32 Å². The predicted molar refractivity (Wildman–Crippen MR) is 96.2 cm³/mol. The Labute approximate surface area is 150 Å². The van der Waals surface area contributed by atoms with Crippen LogP contribution in [0.5, 0.6) is 0 Å². The Morgan fingerprint density at radius 2 is 1.71 bits per heavy atom. The van der Waals surface area contributed by atoms with Gasteiger partial charge in [-0.25, -0.2) is 0 Å². The fourth-order valence-electron chi connectivity index (χ4n) is 1.48. The van der Waals surface area contributed by atoms with Gasteiger partial charge in [-0.1, -0.05) is 37.6 Å². The highest BCUT2D eigenvalue weighted by Gasteiger charge is 2.11. The summed E-state index contributed by atoms with van der Waals surface area (Å²) in [5.74, 6) is -1.27. The Kier molecular flexibility index (Phi) is 8.14. The third kappa shape index (κ3) is 7.38. The number of hydrogen-bond donors (Lipinski definition) is 4. The summed E-state index contributed by atoms with van der Waals surface area (Å²) in [7, 11) is 0. The van der Waals surface area contributed by atoms with Crippen LogP contribution < -0.4 is 21.5 Å². The number of nitrogens with one attached hydrogen (secondary N) is 4. The van der Waals surface area contributed by atoms with Crippen LogP contribution >= 0.6 is 23.8 Å². The van der Waals surface area contributed by atoms with Crippen molar-refractivity contribution in [3.63, 3.8) is 0 Å². The first kappa shape index (κ1) is 19.9. The molecule has 0 atom stereocenters. The summed E-state index contributed by atoms with van der Waals surface area (Å²) < 4.78 is 0. The SMILES string of the molecule is CC(C)C(=O)NC(=S)NNC(=O)CCC(=O)Nc1ccccc1Cl. The lowest BCUT2D eigenvalue weighted by Gasteiger charge is -2.12. The summed E-state index contributed by atoms with van der Waals surface area (Å²) in [5.41, 5.74) is 5.19. The van der Waals surface area contributed by atoms with Crippen molar-refractivity contribution in [1.82, 2.24) is 16.2 Å². The van der Waals surface area contributed by atoms with Crippen LogP contribution in [0, 0.1) is 5.92 Å². The van der Waals surface area contributed by atoms with Crippen LogP contribution in [0.25, 0.3) is 0 Å². The molecule has 1 aromatic rings. The number of carbonyl (C=O) groups excluding carboxylic acids is 3. The minimum absolute atomic E-state index is 0.0115. The molecule has 0 radical (unpaired) electrons. The number of hydrogen-bond acceptors (Lipinski definition) is 4. The van der Waals surface area contributed by atoms with E-state index >= 15 is 0 Å². The van der Waals surface area contributed by atoms with E-state index in [1.54, 1.807) is 38.1 Å². The van der Waals surface area contributed by atoms with E-state index in [0.717, 1.165) is 0 Å². The Bertz CT molecular complexity index is 637. The highest BCUT2D eigenvalue weighted by molar-refractivity contribution is 7.80. The number of halogens is 1.